The summed E-state index contributed by atoms with van der Waals surface area (Å²) in [6, 6.07) is 11.7. The number of hydrogen-bond donors (Lipinski definition) is 1. The Kier molecular flexibility index (Phi) is 5.85. The molecule has 0 aromatic heterocycles. The number of rotatable bonds is 5. The van der Waals surface area contributed by atoms with Crippen molar-refractivity contribution in [1.29, 1.82) is 0 Å². The van der Waals surface area contributed by atoms with Gasteiger partial charge in [-0.1, -0.05) is 19.1 Å². The second-order valence-corrected chi connectivity index (χ2v) is 9.25. The van der Waals surface area contributed by atoms with Crippen molar-refractivity contribution in [2.45, 2.75) is 43.6 Å². The van der Waals surface area contributed by atoms with Gasteiger partial charge in [0.1, 0.15) is 6.61 Å². The van der Waals surface area contributed by atoms with E-state index >= 15 is 0 Å². The first-order valence-electron chi connectivity index (χ1n) is 10.3. The van der Waals surface area contributed by atoms with Gasteiger partial charge in [0.2, 0.25) is 6.10 Å². The third kappa shape index (κ3) is 4.38. The van der Waals surface area contributed by atoms with Gasteiger partial charge in [-0.05, 0) is 55.5 Å². The molecule has 0 spiro atoms. The predicted molar refractivity (Wildman–Crippen MR) is 113 cm³/mol. The first kappa shape index (κ1) is 20.5. The highest BCUT2D eigenvalue weighted by Gasteiger charge is 2.32. The highest BCUT2D eigenvalue weighted by atomic mass is 32.2. The number of nitrogens with zero attached hydrogens (tertiary/aromatic N) is 1. The van der Waals surface area contributed by atoms with Gasteiger partial charge in [-0.25, -0.2) is 8.42 Å². The van der Waals surface area contributed by atoms with Gasteiger partial charge in [-0.3, -0.25) is 9.52 Å². The number of nitrogens with one attached hydrogen (secondary N) is 1. The van der Waals surface area contributed by atoms with Crippen LogP contribution in [0.25, 0.3) is 0 Å². The molecule has 2 aliphatic heterocycles. The van der Waals surface area contributed by atoms with Gasteiger partial charge in [0.15, 0.2) is 11.5 Å². The van der Waals surface area contributed by atoms with Crippen molar-refractivity contribution >= 4 is 21.6 Å². The number of likely N-dealkylation sites (tertiary alicyclic amines) is 1. The summed E-state index contributed by atoms with van der Waals surface area (Å²) in [6.45, 7) is 3.60. The van der Waals surface area contributed by atoms with Crippen molar-refractivity contribution < 1.29 is 22.7 Å². The molecule has 1 saturated heterocycles. The lowest BCUT2D eigenvalue weighted by Crippen LogP contribution is -2.48. The number of carbonyl (C=O) groups is 1. The number of amides is 1. The van der Waals surface area contributed by atoms with Crippen LogP contribution in [0.1, 0.15) is 31.7 Å². The number of benzene rings is 2. The molecule has 1 N–H and O–H groups in total. The number of aryl methyl sites for hydroxylation is 1. The summed E-state index contributed by atoms with van der Waals surface area (Å²) in [5.74, 6) is 0.624. The van der Waals surface area contributed by atoms with Gasteiger partial charge in [0, 0.05) is 24.8 Å². The second kappa shape index (κ2) is 8.55. The van der Waals surface area contributed by atoms with Crippen LogP contribution in [0.4, 0.5) is 5.69 Å². The van der Waals surface area contributed by atoms with Gasteiger partial charge in [0.25, 0.3) is 15.9 Å². The minimum absolute atomic E-state index is 0.0672. The topological polar surface area (TPSA) is 84.9 Å². The average molecular weight is 431 g/mol. The Hall–Kier alpha value is -2.74. The molecule has 7 nitrogen and oxygen atoms in total. The van der Waals surface area contributed by atoms with Crippen LogP contribution in [-0.2, 0) is 21.2 Å². The smallest absolute Gasteiger partial charge is 0.267 e. The normalized spacial score (nSPS) is 18.7. The highest BCUT2D eigenvalue weighted by molar-refractivity contribution is 7.92. The predicted octanol–water partition coefficient (Wildman–Crippen LogP) is 3.20. The summed E-state index contributed by atoms with van der Waals surface area (Å²) >= 11 is 0. The molecule has 2 aromatic rings. The largest absolute Gasteiger partial charge is 0.485 e. The third-order valence-electron chi connectivity index (χ3n) is 5.44. The van der Waals surface area contributed by atoms with Crippen molar-refractivity contribution in [2.75, 3.05) is 24.4 Å². The Morgan fingerprint density at radius 1 is 1.07 bits per heavy atom. The number of ether oxygens (including phenoxy) is 2. The van der Waals surface area contributed by atoms with Crippen LogP contribution in [0.5, 0.6) is 11.5 Å². The van der Waals surface area contributed by atoms with E-state index in [9.17, 15) is 13.2 Å². The van der Waals surface area contributed by atoms with E-state index in [1.165, 1.54) is 12.1 Å². The maximum absolute atomic E-state index is 12.8. The summed E-state index contributed by atoms with van der Waals surface area (Å²) in [5, 5.41) is 0. The number of carbonyl (C=O) groups excluding carboxylic acids is 1. The van der Waals surface area contributed by atoms with Crippen LogP contribution in [0.15, 0.2) is 47.4 Å². The van der Waals surface area contributed by atoms with E-state index in [1.807, 2.05) is 24.0 Å². The standard InChI is InChI=1S/C22H26N2O5S/c1-2-16-6-8-17(9-7-16)23-30(26,27)18-10-11-19-20(14-18)28-15-21(29-19)22(25)24-12-4-3-5-13-24/h6-11,14,21,23H,2-5,12-13,15H2,1H3/t21-/m0/s1. The monoisotopic (exact) mass is 430 g/mol. The molecule has 0 radical (unpaired) electrons. The fraction of sp³-hybridized carbons (Fsp3) is 0.409. The van der Waals surface area contributed by atoms with E-state index in [0.29, 0.717) is 17.2 Å². The van der Waals surface area contributed by atoms with Crippen LogP contribution >= 0.6 is 0 Å². The quantitative estimate of drug-likeness (QED) is 0.787. The van der Waals surface area contributed by atoms with E-state index in [0.717, 1.165) is 44.3 Å². The van der Waals surface area contributed by atoms with Crippen molar-refractivity contribution in [3.63, 3.8) is 0 Å². The van der Waals surface area contributed by atoms with Gasteiger partial charge < -0.3 is 14.4 Å². The summed E-state index contributed by atoms with van der Waals surface area (Å²) in [6.07, 6.45) is 3.34. The van der Waals surface area contributed by atoms with Crippen LogP contribution in [0.3, 0.4) is 0 Å². The number of hydrogen-bond acceptors (Lipinski definition) is 5. The lowest BCUT2D eigenvalue weighted by molar-refractivity contribution is -0.142. The van der Waals surface area contributed by atoms with Crippen molar-refractivity contribution in [2.24, 2.45) is 0 Å². The maximum atomic E-state index is 12.8. The Bertz CT molecular complexity index is 1010. The molecule has 4 rings (SSSR count). The maximum Gasteiger partial charge on any atom is 0.267 e. The van der Waals surface area contributed by atoms with Gasteiger partial charge in [0.05, 0.1) is 4.90 Å². The molecule has 0 aliphatic carbocycles. The van der Waals surface area contributed by atoms with Gasteiger partial charge in [-0.2, -0.15) is 0 Å². The Labute approximate surface area is 177 Å². The van der Waals surface area contributed by atoms with Crippen LogP contribution < -0.4 is 14.2 Å². The molecule has 8 heteroatoms. The molecule has 1 fully saturated rings. The van der Waals surface area contributed by atoms with E-state index in [4.69, 9.17) is 9.47 Å². The first-order chi connectivity index (χ1) is 14.5. The van der Waals surface area contributed by atoms with Crippen molar-refractivity contribution in [3.05, 3.63) is 48.0 Å². The summed E-state index contributed by atoms with van der Waals surface area (Å²) in [5.41, 5.74) is 1.63. The first-order valence-corrected chi connectivity index (χ1v) is 11.8. The molecule has 2 heterocycles. The zero-order valence-electron chi connectivity index (χ0n) is 17.0. The molecule has 160 valence electrons. The zero-order valence-corrected chi connectivity index (χ0v) is 17.8. The van der Waals surface area contributed by atoms with E-state index in [1.54, 1.807) is 18.2 Å². The molecular formula is C22H26N2O5S. The van der Waals surface area contributed by atoms with Crippen molar-refractivity contribution in [3.8, 4) is 11.5 Å². The van der Waals surface area contributed by atoms with E-state index in [2.05, 4.69) is 4.72 Å². The number of piperidine rings is 1. The molecule has 2 aliphatic rings. The molecular weight excluding hydrogens is 404 g/mol. The van der Waals surface area contributed by atoms with Gasteiger partial charge >= 0.3 is 0 Å². The fourth-order valence-electron chi connectivity index (χ4n) is 3.68. The minimum Gasteiger partial charge on any atom is -0.485 e. The van der Waals surface area contributed by atoms with Crippen LogP contribution in [0.2, 0.25) is 0 Å². The SMILES string of the molecule is CCc1ccc(NS(=O)(=O)c2ccc3c(c2)OC[C@@H](C(=O)N2CCCCC2)O3)cc1. The lowest BCUT2D eigenvalue weighted by Gasteiger charge is -2.32. The zero-order chi connectivity index (χ0) is 21.1. The summed E-state index contributed by atoms with van der Waals surface area (Å²) in [4.78, 5) is 14.5. The number of fused-ring (bicyclic) bond motifs is 1. The molecule has 2 aromatic carbocycles. The average Bonchev–Trinajstić information content (AvgIpc) is 2.78. The van der Waals surface area contributed by atoms with Crippen molar-refractivity contribution in [1.82, 2.24) is 4.90 Å². The Morgan fingerprint density at radius 3 is 2.50 bits per heavy atom. The van der Waals surface area contributed by atoms with E-state index in [-0.39, 0.29) is 17.4 Å². The van der Waals surface area contributed by atoms with Crippen LogP contribution in [0, 0.1) is 0 Å². The third-order valence-corrected chi connectivity index (χ3v) is 6.82. The second-order valence-electron chi connectivity index (χ2n) is 7.57. The number of anilines is 1. The van der Waals surface area contributed by atoms with Gasteiger partial charge in [-0.15, -0.1) is 0 Å². The molecule has 0 unspecified atom stereocenters. The highest BCUT2D eigenvalue weighted by Crippen LogP contribution is 2.35. The number of sulfonamides is 1. The summed E-state index contributed by atoms with van der Waals surface area (Å²) < 4.78 is 39.6. The van der Waals surface area contributed by atoms with Crippen LogP contribution in [-0.4, -0.2) is 45.0 Å². The fourth-order valence-corrected chi connectivity index (χ4v) is 4.75. The lowest BCUT2D eigenvalue weighted by atomic mass is 10.1. The molecule has 1 atom stereocenters. The Morgan fingerprint density at radius 2 is 1.80 bits per heavy atom. The minimum atomic E-state index is -3.77. The molecule has 30 heavy (non-hydrogen) atoms. The molecule has 0 saturated carbocycles. The van der Waals surface area contributed by atoms with E-state index < -0.39 is 16.1 Å². The molecule has 1 amide bonds. The summed E-state index contributed by atoms with van der Waals surface area (Å²) in [7, 11) is -3.77. The molecule has 0 bridgehead atoms. The Balaban J connectivity index is 1.47.